The van der Waals surface area contributed by atoms with Gasteiger partial charge < -0.3 is 15.8 Å². The second-order valence-electron chi connectivity index (χ2n) is 4.49. The molecule has 0 aliphatic heterocycles. The van der Waals surface area contributed by atoms with E-state index in [0.717, 1.165) is 0 Å². The molecule has 0 spiro atoms. The first-order chi connectivity index (χ1) is 8.80. The third-order valence-electron chi connectivity index (χ3n) is 2.88. The maximum Gasteiger partial charge on any atom is 0.573 e. The molecule has 1 amide bonds. The summed E-state index contributed by atoms with van der Waals surface area (Å²) in [6, 6.07) is 5.65. The molecule has 4 nitrogen and oxygen atoms in total. The van der Waals surface area contributed by atoms with Crippen LogP contribution in [-0.4, -0.2) is 17.8 Å². The average Bonchev–Trinajstić information content (AvgIpc) is 3.05. The molecule has 0 unspecified atom stereocenters. The summed E-state index contributed by atoms with van der Waals surface area (Å²) in [5, 5.41) is 2.52. The van der Waals surface area contributed by atoms with E-state index < -0.39 is 11.9 Å². The third kappa shape index (κ3) is 4.28. The number of hydrogen-bond donors (Lipinski definition) is 2. The first-order valence-corrected chi connectivity index (χ1v) is 5.71. The quantitative estimate of drug-likeness (QED) is 0.895. The summed E-state index contributed by atoms with van der Waals surface area (Å²) >= 11 is 0. The normalized spacial score (nSPS) is 16.0. The molecule has 20 heavy (non-hydrogen) atoms. The fourth-order valence-electron chi connectivity index (χ4n) is 1.59. The van der Waals surface area contributed by atoms with Crippen LogP contribution in [0.15, 0.2) is 24.3 Å². The Hall–Kier alpha value is -1.47. The van der Waals surface area contributed by atoms with Crippen LogP contribution in [0.1, 0.15) is 18.4 Å². The topological polar surface area (TPSA) is 64.4 Å². The van der Waals surface area contributed by atoms with Crippen molar-refractivity contribution in [2.24, 2.45) is 5.73 Å². The fraction of sp³-hybridized carbons (Fsp3) is 0.417. The number of carbonyl (C=O) groups excluding carboxylic acids is 1. The SMILES string of the molecule is Cl.NC1(C(=O)NCc2ccccc2OC(F)(F)F)CC1. The van der Waals surface area contributed by atoms with Crippen LogP contribution in [0.5, 0.6) is 5.75 Å². The van der Waals surface area contributed by atoms with Gasteiger partial charge in [-0.15, -0.1) is 25.6 Å². The molecular weight excluding hydrogens is 297 g/mol. The van der Waals surface area contributed by atoms with Crippen LogP contribution in [0.25, 0.3) is 0 Å². The van der Waals surface area contributed by atoms with E-state index >= 15 is 0 Å². The fourth-order valence-corrected chi connectivity index (χ4v) is 1.59. The molecule has 8 heteroatoms. The lowest BCUT2D eigenvalue weighted by molar-refractivity contribution is -0.274. The minimum atomic E-state index is -4.76. The van der Waals surface area contributed by atoms with Gasteiger partial charge in [0.1, 0.15) is 5.75 Å². The van der Waals surface area contributed by atoms with E-state index in [1.165, 1.54) is 18.2 Å². The van der Waals surface area contributed by atoms with Crippen molar-refractivity contribution in [3.05, 3.63) is 29.8 Å². The molecule has 2 rings (SSSR count). The highest BCUT2D eigenvalue weighted by atomic mass is 35.5. The average molecular weight is 311 g/mol. The molecule has 0 atom stereocenters. The van der Waals surface area contributed by atoms with E-state index in [2.05, 4.69) is 10.1 Å². The van der Waals surface area contributed by atoms with E-state index in [9.17, 15) is 18.0 Å². The van der Waals surface area contributed by atoms with Crippen LogP contribution in [0.4, 0.5) is 13.2 Å². The molecule has 0 bridgehead atoms. The lowest BCUT2D eigenvalue weighted by atomic mass is 10.2. The van der Waals surface area contributed by atoms with E-state index in [0.29, 0.717) is 12.8 Å². The van der Waals surface area contributed by atoms with Crippen molar-refractivity contribution in [2.45, 2.75) is 31.3 Å². The number of carbonyl (C=O) groups is 1. The van der Waals surface area contributed by atoms with Gasteiger partial charge >= 0.3 is 6.36 Å². The first kappa shape index (κ1) is 16.6. The number of nitrogens with one attached hydrogen (secondary N) is 1. The summed E-state index contributed by atoms with van der Waals surface area (Å²) in [6.45, 7) is -0.0516. The van der Waals surface area contributed by atoms with E-state index in [4.69, 9.17) is 5.73 Å². The van der Waals surface area contributed by atoms with Crippen molar-refractivity contribution >= 4 is 18.3 Å². The van der Waals surface area contributed by atoms with Crippen molar-refractivity contribution < 1.29 is 22.7 Å². The molecule has 0 saturated heterocycles. The van der Waals surface area contributed by atoms with Crippen LogP contribution < -0.4 is 15.8 Å². The Balaban J connectivity index is 0.00000200. The molecule has 0 heterocycles. The summed E-state index contributed by atoms with van der Waals surface area (Å²) in [4.78, 5) is 11.6. The van der Waals surface area contributed by atoms with Crippen LogP contribution in [-0.2, 0) is 11.3 Å². The molecule has 1 fully saturated rings. The molecule has 3 N–H and O–H groups in total. The van der Waals surface area contributed by atoms with Crippen LogP contribution in [0.3, 0.4) is 0 Å². The van der Waals surface area contributed by atoms with E-state index in [-0.39, 0.29) is 36.2 Å². The third-order valence-corrected chi connectivity index (χ3v) is 2.88. The Morgan fingerprint density at radius 3 is 2.50 bits per heavy atom. The number of benzene rings is 1. The van der Waals surface area contributed by atoms with Crippen molar-refractivity contribution in [1.82, 2.24) is 5.32 Å². The Morgan fingerprint density at radius 2 is 1.95 bits per heavy atom. The second-order valence-corrected chi connectivity index (χ2v) is 4.49. The smallest absolute Gasteiger partial charge is 0.405 e. The number of halogens is 4. The number of nitrogens with two attached hydrogens (primary N) is 1. The lowest BCUT2D eigenvalue weighted by Crippen LogP contribution is -2.42. The molecule has 1 aromatic carbocycles. The van der Waals surface area contributed by atoms with Crippen molar-refractivity contribution in [3.8, 4) is 5.75 Å². The van der Waals surface area contributed by atoms with Gasteiger partial charge in [0.05, 0.1) is 5.54 Å². The standard InChI is InChI=1S/C12H13F3N2O2.ClH/c13-12(14,15)19-9-4-2-1-3-8(9)7-17-10(18)11(16)5-6-11;/h1-4H,5-7,16H2,(H,17,18);1H. The first-order valence-electron chi connectivity index (χ1n) is 5.71. The highest BCUT2D eigenvalue weighted by molar-refractivity contribution is 5.88. The minimum Gasteiger partial charge on any atom is -0.405 e. The predicted octanol–water partition coefficient (Wildman–Crippen LogP) is 2.11. The van der Waals surface area contributed by atoms with Gasteiger partial charge in [-0.25, -0.2) is 0 Å². The second kappa shape index (κ2) is 5.88. The van der Waals surface area contributed by atoms with E-state index in [1.807, 2.05) is 0 Å². The number of amides is 1. The molecule has 1 aromatic rings. The number of rotatable bonds is 4. The molecule has 1 aliphatic rings. The summed E-state index contributed by atoms with van der Waals surface area (Å²) in [6.07, 6.45) is -3.56. The molecule has 1 aliphatic carbocycles. The largest absolute Gasteiger partial charge is 0.573 e. The zero-order valence-electron chi connectivity index (χ0n) is 10.4. The van der Waals surface area contributed by atoms with Crippen LogP contribution in [0.2, 0.25) is 0 Å². The Kier molecular flexibility index (Phi) is 4.88. The Morgan fingerprint density at radius 1 is 1.35 bits per heavy atom. The van der Waals surface area contributed by atoms with Crippen LogP contribution >= 0.6 is 12.4 Å². The summed E-state index contributed by atoms with van der Waals surface area (Å²) in [5.41, 5.74) is 5.07. The van der Waals surface area contributed by atoms with Gasteiger partial charge in [0.15, 0.2) is 0 Å². The molecule has 0 radical (unpaired) electrons. The zero-order chi connectivity index (χ0) is 14.1. The van der Waals surface area contributed by atoms with Gasteiger partial charge in [0.2, 0.25) is 5.91 Å². The minimum absolute atomic E-state index is 0. The maximum absolute atomic E-state index is 12.2. The van der Waals surface area contributed by atoms with Gasteiger partial charge in [-0.05, 0) is 18.9 Å². The number of ether oxygens (including phenoxy) is 1. The monoisotopic (exact) mass is 310 g/mol. The lowest BCUT2D eigenvalue weighted by Gasteiger charge is -2.14. The Labute approximate surface area is 119 Å². The van der Waals surface area contributed by atoms with Gasteiger partial charge in [0, 0.05) is 12.1 Å². The highest BCUT2D eigenvalue weighted by Crippen LogP contribution is 2.32. The molecule has 112 valence electrons. The maximum atomic E-state index is 12.2. The predicted molar refractivity (Wildman–Crippen MR) is 68.4 cm³/mol. The van der Waals surface area contributed by atoms with Crippen molar-refractivity contribution in [1.29, 1.82) is 0 Å². The van der Waals surface area contributed by atoms with Crippen LogP contribution in [0, 0.1) is 0 Å². The molecular formula is C12H14ClF3N2O2. The van der Waals surface area contributed by atoms with Gasteiger partial charge in [-0.3, -0.25) is 4.79 Å². The van der Waals surface area contributed by atoms with Crippen molar-refractivity contribution in [3.63, 3.8) is 0 Å². The summed E-state index contributed by atoms with van der Waals surface area (Å²) in [7, 11) is 0. The van der Waals surface area contributed by atoms with Gasteiger partial charge in [-0.2, -0.15) is 0 Å². The summed E-state index contributed by atoms with van der Waals surface area (Å²) in [5.74, 6) is -0.675. The highest BCUT2D eigenvalue weighted by Gasteiger charge is 2.45. The summed E-state index contributed by atoms with van der Waals surface area (Å²) < 4.78 is 40.5. The van der Waals surface area contributed by atoms with E-state index in [1.54, 1.807) is 6.07 Å². The van der Waals surface area contributed by atoms with Gasteiger partial charge in [-0.1, -0.05) is 18.2 Å². The number of hydrogen-bond acceptors (Lipinski definition) is 3. The van der Waals surface area contributed by atoms with Crippen molar-refractivity contribution in [2.75, 3.05) is 0 Å². The number of para-hydroxylation sites is 1. The van der Waals surface area contributed by atoms with Gasteiger partial charge in [0.25, 0.3) is 0 Å². The zero-order valence-corrected chi connectivity index (χ0v) is 11.2. The molecule has 1 saturated carbocycles. The Bertz CT molecular complexity index is 490. The molecule has 0 aromatic heterocycles. The number of alkyl halides is 3.